The van der Waals surface area contributed by atoms with Gasteiger partial charge in [-0.05, 0) is 48.4 Å². The molecule has 7 nitrogen and oxygen atoms in total. The molecule has 0 bridgehead atoms. The molecule has 0 aliphatic carbocycles. The minimum atomic E-state index is -0.923. The lowest BCUT2D eigenvalue weighted by molar-refractivity contribution is -0.140. The van der Waals surface area contributed by atoms with Gasteiger partial charge in [0, 0.05) is 45.9 Å². The number of carbonyl (C=O) groups is 2. The highest BCUT2D eigenvalue weighted by atomic mass is 16.5. The zero-order valence-corrected chi connectivity index (χ0v) is 23.5. The quantitative estimate of drug-likeness (QED) is 0.239. The first kappa shape index (κ1) is 33.3. The molecule has 1 aromatic carbocycles. The molecule has 1 fully saturated rings. The number of aliphatic imine (C=N–C) groups is 1. The van der Waals surface area contributed by atoms with E-state index in [9.17, 15) is 14.7 Å². The van der Waals surface area contributed by atoms with E-state index in [0.29, 0.717) is 31.8 Å². The Hall–Kier alpha value is -3.71. The Morgan fingerprint density at radius 2 is 1.79 bits per heavy atom. The number of benzene rings is 1. The van der Waals surface area contributed by atoms with Crippen molar-refractivity contribution in [2.45, 2.75) is 45.6 Å². The average Bonchev–Trinajstić information content (AvgIpc) is 2.96. The zero-order chi connectivity index (χ0) is 29.0. The van der Waals surface area contributed by atoms with Crippen molar-refractivity contribution in [1.29, 1.82) is 0 Å². The molecule has 7 heteroatoms. The minimum absolute atomic E-state index is 0. The van der Waals surface area contributed by atoms with Crippen molar-refractivity contribution in [1.82, 2.24) is 10.2 Å². The highest BCUT2D eigenvalue weighted by Gasteiger charge is 2.34. The maximum atomic E-state index is 13.7. The van der Waals surface area contributed by atoms with Gasteiger partial charge in [-0.1, -0.05) is 76.1 Å². The van der Waals surface area contributed by atoms with Crippen LogP contribution in [0, 0.1) is 13.0 Å². The van der Waals surface area contributed by atoms with E-state index in [4.69, 9.17) is 4.74 Å². The lowest BCUT2D eigenvalue weighted by Crippen LogP contribution is -2.53. The van der Waals surface area contributed by atoms with E-state index >= 15 is 0 Å². The third-order valence-corrected chi connectivity index (χ3v) is 6.17. The number of amides is 2. The Balaban J connectivity index is 0.00000495. The van der Waals surface area contributed by atoms with Gasteiger partial charge in [0.1, 0.15) is 11.8 Å². The van der Waals surface area contributed by atoms with Crippen LogP contribution in [-0.4, -0.2) is 60.4 Å². The second kappa shape index (κ2) is 19.4. The molecular formula is C32H46N3O4. The largest absolute Gasteiger partial charge is 0.508 e. The summed E-state index contributed by atoms with van der Waals surface area (Å²) in [6, 6.07) is 5.85. The van der Waals surface area contributed by atoms with Crippen LogP contribution in [0.4, 0.5) is 0 Å². The van der Waals surface area contributed by atoms with Crippen molar-refractivity contribution < 1.29 is 20.9 Å². The highest BCUT2D eigenvalue weighted by Crippen LogP contribution is 2.22. The van der Waals surface area contributed by atoms with E-state index in [2.05, 4.69) is 37.1 Å². The van der Waals surface area contributed by atoms with Crippen molar-refractivity contribution in [3.8, 4) is 5.75 Å². The smallest absolute Gasteiger partial charge is 0.247 e. The molecule has 1 saturated heterocycles. The summed E-state index contributed by atoms with van der Waals surface area (Å²) in [5.41, 5.74) is 2.22. The summed E-state index contributed by atoms with van der Waals surface area (Å²) in [5.74, 6) is -0.121. The second-order valence-corrected chi connectivity index (χ2v) is 8.78. The molecule has 0 spiro atoms. The van der Waals surface area contributed by atoms with Crippen LogP contribution < -0.4 is 5.32 Å². The topological polar surface area (TPSA) is 91.2 Å². The normalized spacial score (nSPS) is 15.1. The number of phenols is 1. The van der Waals surface area contributed by atoms with Gasteiger partial charge in [0.15, 0.2) is 0 Å². The maximum Gasteiger partial charge on any atom is 0.247 e. The summed E-state index contributed by atoms with van der Waals surface area (Å²) < 4.78 is 5.51. The summed E-state index contributed by atoms with van der Waals surface area (Å²) in [7, 11) is 3.55. The maximum absolute atomic E-state index is 13.7. The van der Waals surface area contributed by atoms with Crippen LogP contribution >= 0.6 is 0 Å². The van der Waals surface area contributed by atoms with E-state index in [1.807, 2.05) is 13.8 Å². The predicted molar refractivity (Wildman–Crippen MR) is 163 cm³/mol. The number of rotatable bonds is 14. The van der Waals surface area contributed by atoms with E-state index in [0.717, 1.165) is 24.0 Å². The number of aromatic hydroxyl groups is 1. The van der Waals surface area contributed by atoms with Crippen LogP contribution in [0.15, 0.2) is 90.5 Å². The summed E-state index contributed by atoms with van der Waals surface area (Å²) in [6.07, 6.45) is 12.1. The van der Waals surface area contributed by atoms with Crippen LogP contribution in [0.25, 0.3) is 0 Å². The molecule has 1 heterocycles. The Labute approximate surface area is 235 Å². The fraction of sp³-hybridized carbons (Fsp3) is 0.375. The van der Waals surface area contributed by atoms with Gasteiger partial charge in [-0.15, -0.1) is 0 Å². The van der Waals surface area contributed by atoms with E-state index in [-0.39, 0.29) is 37.9 Å². The minimum Gasteiger partial charge on any atom is -0.508 e. The van der Waals surface area contributed by atoms with Crippen LogP contribution in [0.5, 0.6) is 5.75 Å². The van der Waals surface area contributed by atoms with Gasteiger partial charge >= 0.3 is 0 Å². The van der Waals surface area contributed by atoms with E-state index < -0.39 is 6.04 Å². The molecule has 1 atom stereocenters. The Bertz CT molecular complexity index is 1030. The first-order chi connectivity index (χ1) is 18.9. The number of hydrogen-bond donors (Lipinski definition) is 2. The molecule has 2 rings (SSSR count). The number of nitrogens with zero attached hydrogens (tertiary/aromatic N) is 2. The van der Waals surface area contributed by atoms with Crippen LogP contribution in [0.1, 0.15) is 40.1 Å². The molecule has 39 heavy (non-hydrogen) atoms. The third-order valence-electron chi connectivity index (χ3n) is 6.17. The van der Waals surface area contributed by atoms with Crippen molar-refractivity contribution in [3.05, 3.63) is 98.1 Å². The van der Waals surface area contributed by atoms with Gasteiger partial charge in [-0.25, -0.2) is 0 Å². The SMILES string of the molecule is CC.[CH2]N=C/C(=C\C=C)C(C(=O)NC/C(C=C)=C/C=C)N(CC1CCOCC1)C(=O)CCc1ccc(O)cc1.[HH]. The highest BCUT2D eigenvalue weighted by molar-refractivity contribution is 5.98. The molecule has 0 aromatic heterocycles. The molecule has 1 aliphatic rings. The first-order valence-corrected chi connectivity index (χ1v) is 13.4. The Morgan fingerprint density at radius 3 is 2.36 bits per heavy atom. The first-order valence-electron chi connectivity index (χ1n) is 13.4. The number of hydrogen-bond acceptors (Lipinski definition) is 5. The molecule has 1 aliphatic heterocycles. The molecule has 1 radical (unpaired) electrons. The Kier molecular flexibility index (Phi) is 16.6. The van der Waals surface area contributed by atoms with Gasteiger partial charge in [0.05, 0.1) is 7.05 Å². The van der Waals surface area contributed by atoms with Crippen LogP contribution in [0.2, 0.25) is 0 Å². The van der Waals surface area contributed by atoms with E-state index in [1.165, 1.54) is 6.21 Å². The molecular weight excluding hydrogens is 490 g/mol. The fourth-order valence-electron chi connectivity index (χ4n) is 4.17. The number of nitrogens with one attached hydrogen (secondary N) is 1. The lowest BCUT2D eigenvalue weighted by atomic mass is 9.96. The van der Waals surface area contributed by atoms with Gasteiger partial charge in [-0.2, -0.15) is 0 Å². The van der Waals surface area contributed by atoms with E-state index in [1.54, 1.807) is 59.5 Å². The van der Waals surface area contributed by atoms with Gasteiger partial charge in [-0.3, -0.25) is 14.6 Å². The number of aryl methyl sites for hydroxylation is 1. The molecule has 0 saturated carbocycles. The average molecular weight is 537 g/mol. The molecule has 1 aromatic rings. The zero-order valence-electron chi connectivity index (χ0n) is 23.5. The van der Waals surface area contributed by atoms with Crippen molar-refractivity contribution in [2.24, 2.45) is 10.9 Å². The summed E-state index contributed by atoms with van der Waals surface area (Å²) in [4.78, 5) is 32.9. The second-order valence-electron chi connectivity index (χ2n) is 8.78. The fourth-order valence-corrected chi connectivity index (χ4v) is 4.17. The number of ether oxygens (including phenoxy) is 1. The van der Waals surface area contributed by atoms with Gasteiger partial charge in [0.25, 0.3) is 0 Å². The summed E-state index contributed by atoms with van der Waals surface area (Å²) in [5, 5.41) is 12.5. The van der Waals surface area contributed by atoms with Gasteiger partial charge < -0.3 is 20.1 Å². The predicted octanol–water partition coefficient (Wildman–Crippen LogP) is 5.61. The number of carbonyl (C=O) groups excluding carboxylic acids is 2. The molecule has 1 unspecified atom stereocenters. The molecule has 213 valence electrons. The van der Waals surface area contributed by atoms with Crippen molar-refractivity contribution in [3.63, 3.8) is 0 Å². The van der Waals surface area contributed by atoms with Crippen molar-refractivity contribution >= 4 is 18.0 Å². The monoisotopic (exact) mass is 536 g/mol. The Morgan fingerprint density at radius 1 is 1.15 bits per heavy atom. The molecule has 2 N–H and O–H groups in total. The summed E-state index contributed by atoms with van der Waals surface area (Å²) >= 11 is 0. The lowest BCUT2D eigenvalue weighted by Gasteiger charge is -2.35. The van der Waals surface area contributed by atoms with Crippen LogP contribution in [0.3, 0.4) is 0 Å². The third kappa shape index (κ3) is 11.7. The van der Waals surface area contributed by atoms with Gasteiger partial charge in [0.2, 0.25) is 11.8 Å². The number of allylic oxidation sites excluding steroid dienone is 4. The number of phenolic OH excluding ortho intramolecular Hbond substituents is 1. The van der Waals surface area contributed by atoms with Crippen molar-refractivity contribution in [2.75, 3.05) is 26.3 Å². The summed E-state index contributed by atoms with van der Waals surface area (Å²) in [6.45, 7) is 17.2. The molecule has 2 amide bonds. The van der Waals surface area contributed by atoms with Crippen LogP contribution in [-0.2, 0) is 20.7 Å². The standard InChI is InChI=1S/C30H38N3O4.C2H6.H2/c1-5-8-23(7-3)20-32-30(36)29(26(9-6-2)21-31-4)33(22-25-16-18-37-19-17-25)28(35)15-12-24-10-13-27(34)14-11-24;1-2;/h5-11,13-14,21,25,29,34H,1-4,12,15-20,22H2,(H,32,36);1-2H3;1H/b23-8+,26-9+,31-21?;;.